The molecule has 0 aliphatic rings. The van der Waals surface area contributed by atoms with Gasteiger partial charge in [0.05, 0.1) is 19.4 Å². The predicted octanol–water partition coefficient (Wildman–Crippen LogP) is 7.16. The molecule has 0 saturated heterocycles. The van der Waals surface area contributed by atoms with Crippen LogP contribution in [0.5, 0.6) is 11.5 Å². The van der Waals surface area contributed by atoms with Crippen molar-refractivity contribution in [2.75, 3.05) is 7.11 Å². The van der Waals surface area contributed by atoms with Crippen LogP contribution in [0.3, 0.4) is 0 Å². The highest BCUT2D eigenvalue weighted by Gasteiger charge is 2.14. The summed E-state index contributed by atoms with van der Waals surface area (Å²) in [5.74, 6) is 6.04. The van der Waals surface area contributed by atoms with Gasteiger partial charge in [0.1, 0.15) is 23.8 Å². The highest BCUT2D eigenvalue weighted by molar-refractivity contribution is 7.17. The Bertz CT molecular complexity index is 1330. The van der Waals surface area contributed by atoms with Crippen molar-refractivity contribution >= 4 is 27.4 Å². The summed E-state index contributed by atoms with van der Waals surface area (Å²) in [4.78, 5) is 15.6. The lowest BCUT2D eigenvalue weighted by Crippen LogP contribution is -2.04. The van der Waals surface area contributed by atoms with E-state index in [0.29, 0.717) is 12.4 Å². The van der Waals surface area contributed by atoms with E-state index in [1.807, 2.05) is 50.2 Å². The normalized spacial score (nSPS) is 11.0. The first-order valence-electron chi connectivity index (χ1n) is 11.5. The molecular formula is C29H29NO4S. The van der Waals surface area contributed by atoms with E-state index in [2.05, 4.69) is 40.4 Å². The van der Waals surface area contributed by atoms with Gasteiger partial charge >= 0.3 is 5.97 Å². The third-order valence-electron chi connectivity index (χ3n) is 5.27. The Kier molecular flexibility index (Phi) is 9.28. The number of hydrogen-bond donors (Lipinski definition) is 1. The molecule has 0 fully saturated rings. The van der Waals surface area contributed by atoms with Crippen LogP contribution < -0.4 is 9.47 Å². The minimum Gasteiger partial charge on any atom is -0.494 e. The zero-order chi connectivity index (χ0) is 25.2. The molecule has 2 aromatic carbocycles. The summed E-state index contributed by atoms with van der Waals surface area (Å²) < 4.78 is 12.7. The fourth-order valence-corrected chi connectivity index (χ4v) is 4.60. The van der Waals surface area contributed by atoms with E-state index in [1.165, 1.54) is 4.70 Å². The third-order valence-corrected chi connectivity index (χ3v) is 6.23. The van der Waals surface area contributed by atoms with Gasteiger partial charge in [-0.2, -0.15) is 0 Å². The average molecular weight is 488 g/mol. The summed E-state index contributed by atoms with van der Waals surface area (Å²) in [5, 5.41) is 12.3. The number of thiophene rings is 1. The SMILES string of the molecule is CC.CC#CC(CC(=O)O)c1ccc(OCc2ccc3scc(-c4ncccc4OC)c3c2)cc1. The monoisotopic (exact) mass is 487 g/mol. The molecule has 35 heavy (non-hydrogen) atoms. The molecule has 2 heterocycles. The second-order valence-electron chi connectivity index (χ2n) is 7.44. The first kappa shape index (κ1) is 25.8. The molecule has 6 heteroatoms. The van der Waals surface area contributed by atoms with Crippen molar-refractivity contribution in [1.29, 1.82) is 0 Å². The number of nitrogens with zero attached hydrogens (tertiary/aromatic N) is 1. The summed E-state index contributed by atoms with van der Waals surface area (Å²) in [6.07, 6.45) is 1.75. The second kappa shape index (κ2) is 12.6. The van der Waals surface area contributed by atoms with Crippen LogP contribution in [0.1, 0.15) is 44.2 Å². The van der Waals surface area contributed by atoms with E-state index in [-0.39, 0.29) is 12.3 Å². The molecule has 1 N–H and O–H groups in total. The Morgan fingerprint density at radius 2 is 1.91 bits per heavy atom. The summed E-state index contributed by atoms with van der Waals surface area (Å²) in [5.41, 5.74) is 3.78. The van der Waals surface area contributed by atoms with Gasteiger partial charge in [-0.15, -0.1) is 17.3 Å². The molecule has 1 atom stereocenters. The Balaban J connectivity index is 0.00000167. The van der Waals surface area contributed by atoms with Crippen LogP contribution in [0.2, 0.25) is 0 Å². The number of benzene rings is 2. The molecular weight excluding hydrogens is 458 g/mol. The lowest BCUT2D eigenvalue weighted by molar-refractivity contribution is -0.137. The molecule has 0 aliphatic carbocycles. The van der Waals surface area contributed by atoms with Crippen molar-refractivity contribution < 1.29 is 19.4 Å². The van der Waals surface area contributed by atoms with Gasteiger partial charge in [0.25, 0.3) is 0 Å². The van der Waals surface area contributed by atoms with E-state index in [0.717, 1.165) is 33.5 Å². The minimum absolute atomic E-state index is 0.0227. The van der Waals surface area contributed by atoms with Crippen molar-refractivity contribution in [2.45, 2.75) is 39.7 Å². The van der Waals surface area contributed by atoms with E-state index in [1.54, 1.807) is 31.6 Å². The summed E-state index contributed by atoms with van der Waals surface area (Å²) in [7, 11) is 1.65. The highest BCUT2D eigenvalue weighted by Crippen LogP contribution is 2.37. The van der Waals surface area contributed by atoms with Gasteiger partial charge in [-0.1, -0.05) is 38.0 Å². The van der Waals surface area contributed by atoms with Gasteiger partial charge in [0.15, 0.2) is 0 Å². The Hall–Kier alpha value is -3.82. The molecule has 5 nitrogen and oxygen atoms in total. The number of carboxylic acid groups (broad SMARTS) is 1. The zero-order valence-electron chi connectivity index (χ0n) is 20.4. The Morgan fingerprint density at radius 1 is 1.14 bits per heavy atom. The van der Waals surface area contributed by atoms with E-state index >= 15 is 0 Å². The molecule has 0 aliphatic heterocycles. The van der Waals surface area contributed by atoms with Crippen molar-refractivity contribution in [3.8, 4) is 34.6 Å². The number of rotatable bonds is 8. The van der Waals surface area contributed by atoms with E-state index in [9.17, 15) is 4.79 Å². The van der Waals surface area contributed by atoms with E-state index < -0.39 is 5.97 Å². The first-order chi connectivity index (χ1) is 17.1. The maximum atomic E-state index is 11.1. The maximum absolute atomic E-state index is 11.1. The standard InChI is InChI=1S/C27H23NO4S.C2H6/c1-3-5-20(15-26(29)30)19-8-10-21(11-9-19)32-16-18-7-12-25-22(14-18)23(17-33-25)27-24(31-2)6-4-13-28-27;1-2/h4,6-14,17,20H,15-16H2,1-2H3,(H,29,30);1-2H3. The van der Waals surface area contributed by atoms with Crippen LogP contribution in [-0.4, -0.2) is 23.2 Å². The smallest absolute Gasteiger partial charge is 0.304 e. The Morgan fingerprint density at radius 3 is 2.60 bits per heavy atom. The molecule has 0 bridgehead atoms. The minimum atomic E-state index is -0.866. The quantitative estimate of drug-likeness (QED) is 0.267. The topological polar surface area (TPSA) is 68.7 Å². The fraction of sp³-hybridized carbons (Fsp3) is 0.241. The van der Waals surface area contributed by atoms with E-state index in [4.69, 9.17) is 14.6 Å². The van der Waals surface area contributed by atoms with Crippen LogP contribution in [0.25, 0.3) is 21.3 Å². The number of hydrogen-bond acceptors (Lipinski definition) is 5. The van der Waals surface area contributed by atoms with Crippen molar-refractivity contribution in [3.63, 3.8) is 0 Å². The van der Waals surface area contributed by atoms with Crippen molar-refractivity contribution in [1.82, 2.24) is 4.98 Å². The average Bonchev–Trinajstić information content (AvgIpc) is 3.31. The number of carbonyl (C=O) groups is 1. The largest absolute Gasteiger partial charge is 0.494 e. The van der Waals surface area contributed by atoms with Gasteiger partial charge in [-0.05, 0) is 54.4 Å². The fourth-order valence-electron chi connectivity index (χ4n) is 3.67. The van der Waals surface area contributed by atoms with Crippen molar-refractivity contribution in [3.05, 3.63) is 77.3 Å². The molecule has 2 aromatic heterocycles. The van der Waals surface area contributed by atoms with Crippen LogP contribution in [0.4, 0.5) is 0 Å². The molecule has 180 valence electrons. The summed E-state index contributed by atoms with van der Waals surface area (Å²) in [6, 6.07) is 17.5. The Labute approximate surface area is 210 Å². The number of ether oxygens (including phenoxy) is 2. The lowest BCUT2D eigenvalue weighted by atomic mass is 9.96. The number of carboxylic acids is 1. The number of methoxy groups -OCH3 is 1. The number of aliphatic carboxylic acids is 1. The number of fused-ring (bicyclic) bond motifs is 1. The molecule has 0 saturated carbocycles. The summed E-state index contributed by atoms with van der Waals surface area (Å²) in [6.45, 7) is 6.13. The zero-order valence-corrected chi connectivity index (χ0v) is 21.2. The van der Waals surface area contributed by atoms with Crippen molar-refractivity contribution in [2.24, 2.45) is 0 Å². The highest BCUT2D eigenvalue weighted by atomic mass is 32.1. The molecule has 1 unspecified atom stereocenters. The van der Waals surface area contributed by atoms with Gasteiger partial charge in [0, 0.05) is 27.2 Å². The van der Waals surface area contributed by atoms with Crippen LogP contribution >= 0.6 is 11.3 Å². The van der Waals surface area contributed by atoms with Crippen LogP contribution in [-0.2, 0) is 11.4 Å². The molecule has 4 aromatic rings. The molecule has 0 spiro atoms. The number of aromatic nitrogens is 1. The molecule has 0 amide bonds. The van der Waals surface area contributed by atoms with Gasteiger partial charge < -0.3 is 14.6 Å². The van der Waals surface area contributed by atoms with Crippen LogP contribution in [0.15, 0.2) is 66.2 Å². The van der Waals surface area contributed by atoms with Gasteiger partial charge in [-0.25, -0.2) is 0 Å². The first-order valence-corrected chi connectivity index (χ1v) is 12.3. The second-order valence-corrected chi connectivity index (χ2v) is 8.35. The third kappa shape index (κ3) is 6.40. The summed E-state index contributed by atoms with van der Waals surface area (Å²) >= 11 is 1.67. The van der Waals surface area contributed by atoms with Crippen LogP contribution in [0, 0.1) is 11.8 Å². The maximum Gasteiger partial charge on any atom is 0.304 e. The van der Waals surface area contributed by atoms with Gasteiger partial charge in [-0.3, -0.25) is 9.78 Å². The predicted molar refractivity (Wildman–Crippen MR) is 142 cm³/mol. The van der Waals surface area contributed by atoms with Gasteiger partial charge in [0.2, 0.25) is 0 Å². The molecule has 0 radical (unpaired) electrons. The number of pyridine rings is 1. The molecule has 4 rings (SSSR count). The lowest BCUT2D eigenvalue weighted by Gasteiger charge is -2.11.